The van der Waals surface area contributed by atoms with Gasteiger partial charge in [-0.2, -0.15) is 0 Å². The van der Waals surface area contributed by atoms with Crippen molar-refractivity contribution in [2.45, 2.75) is 6.92 Å². The van der Waals surface area contributed by atoms with Crippen molar-refractivity contribution in [2.75, 3.05) is 43.5 Å². The number of pyridine rings is 1. The van der Waals surface area contributed by atoms with Crippen LogP contribution in [-0.4, -0.2) is 49.2 Å². The number of benzene rings is 1. The average molecular weight is 344 g/mol. The van der Waals surface area contributed by atoms with Crippen LogP contribution in [0.4, 0.5) is 20.7 Å². The van der Waals surface area contributed by atoms with E-state index in [0.29, 0.717) is 32.0 Å². The predicted molar refractivity (Wildman–Crippen MR) is 94.7 cm³/mol. The zero-order chi connectivity index (χ0) is 17.8. The minimum atomic E-state index is -0.380. The number of nitrogens with one attached hydrogen (secondary N) is 1. The quantitative estimate of drug-likeness (QED) is 0.930. The van der Waals surface area contributed by atoms with E-state index in [1.807, 2.05) is 19.1 Å². The summed E-state index contributed by atoms with van der Waals surface area (Å²) in [5.41, 5.74) is 1.81. The molecule has 25 heavy (non-hydrogen) atoms. The molecule has 1 N–H and O–H groups in total. The molecule has 1 saturated heterocycles. The first-order chi connectivity index (χ1) is 12.1. The van der Waals surface area contributed by atoms with Crippen molar-refractivity contribution in [2.24, 2.45) is 0 Å². The molecule has 0 unspecified atom stereocenters. The van der Waals surface area contributed by atoms with Crippen LogP contribution in [0.3, 0.4) is 0 Å². The number of aryl methyl sites for hydroxylation is 1. The molecule has 0 saturated carbocycles. The molecule has 0 bridgehead atoms. The SMILES string of the molecule is COc1cc(N2CCN(C(=O)Nc3ncccc3C)CC2)ccc1F. The summed E-state index contributed by atoms with van der Waals surface area (Å²) in [6, 6.07) is 8.39. The van der Waals surface area contributed by atoms with Crippen LogP contribution >= 0.6 is 0 Å². The summed E-state index contributed by atoms with van der Waals surface area (Å²) in [5, 5.41) is 2.85. The number of ether oxygens (including phenoxy) is 1. The van der Waals surface area contributed by atoms with Gasteiger partial charge in [0.05, 0.1) is 7.11 Å². The van der Waals surface area contributed by atoms with Crippen molar-refractivity contribution in [1.29, 1.82) is 0 Å². The number of piperazine rings is 1. The van der Waals surface area contributed by atoms with Crippen LogP contribution in [-0.2, 0) is 0 Å². The Balaban J connectivity index is 1.60. The Morgan fingerprint density at radius 2 is 2.00 bits per heavy atom. The molecule has 1 aliphatic heterocycles. The van der Waals surface area contributed by atoms with E-state index in [4.69, 9.17) is 4.74 Å². The summed E-state index contributed by atoms with van der Waals surface area (Å²) in [4.78, 5) is 20.4. The highest BCUT2D eigenvalue weighted by atomic mass is 19.1. The molecule has 0 spiro atoms. The van der Waals surface area contributed by atoms with Gasteiger partial charge in [-0.25, -0.2) is 14.2 Å². The van der Waals surface area contributed by atoms with E-state index in [-0.39, 0.29) is 17.6 Å². The summed E-state index contributed by atoms with van der Waals surface area (Å²) < 4.78 is 18.6. The second kappa shape index (κ2) is 7.38. The molecule has 7 heteroatoms. The van der Waals surface area contributed by atoms with Crippen molar-refractivity contribution >= 4 is 17.5 Å². The number of urea groups is 1. The van der Waals surface area contributed by atoms with Gasteiger partial charge >= 0.3 is 6.03 Å². The highest BCUT2D eigenvalue weighted by Crippen LogP contribution is 2.25. The summed E-state index contributed by atoms with van der Waals surface area (Å²) in [6.45, 7) is 4.41. The number of aromatic nitrogens is 1. The number of halogens is 1. The van der Waals surface area contributed by atoms with E-state index >= 15 is 0 Å². The maximum Gasteiger partial charge on any atom is 0.323 e. The molecule has 132 valence electrons. The lowest BCUT2D eigenvalue weighted by atomic mass is 10.2. The van der Waals surface area contributed by atoms with Crippen molar-refractivity contribution in [3.05, 3.63) is 47.9 Å². The highest BCUT2D eigenvalue weighted by molar-refractivity contribution is 5.89. The Kier molecular flexibility index (Phi) is 5.02. The summed E-state index contributed by atoms with van der Waals surface area (Å²) in [6.07, 6.45) is 1.66. The smallest absolute Gasteiger partial charge is 0.323 e. The van der Waals surface area contributed by atoms with Crippen LogP contribution in [0.25, 0.3) is 0 Å². The van der Waals surface area contributed by atoms with Crippen molar-refractivity contribution < 1.29 is 13.9 Å². The Morgan fingerprint density at radius 1 is 1.24 bits per heavy atom. The topological polar surface area (TPSA) is 57.7 Å². The average Bonchev–Trinajstić information content (AvgIpc) is 2.64. The fourth-order valence-corrected chi connectivity index (χ4v) is 2.81. The zero-order valence-corrected chi connectivity index (χ0v) is 14.3. The normalized spacial score (nSPS) is 14.4. The van der Waals surface area contributed by atoms with Gasteiger partial charge in [0.15, 0.2) is 11.6 Å². The molecular formula is C18H21FN4O2. The second-order valence-electron chi connectivity index (χ2n) is 5.89. The van der Waals surface area contributed by atoms with E-state index < -0.39 is 0 Å². The van der Waals surface area contributed by atoms with Gasteiger partial charge in [0.1, 0.15) is 5.82 Å². The van der Waals surface area contributed by atoms with E-state index in [2.05, 4.69) is 15.2 Å². The number of amides is 2. The maximum absolute atomic E-state index is 13.5. The Bertz CT molecular complexity index is 760. The van der Waals surface area contributed by atoms with Crippen LogP contribution in [0.15, 0.2) is 36.5 Å². The molecule has 0 radical (unpaired) electrons. The van der Waals surface area contributed by atoms with Crippen molar-refractivity contribution in [3.8, 4) is 5.75 Å². The zero-order valence-electron chi connectivity index (χ0n) is 14.3. The molecule has 2 aromatic rings. The Hall–Kier alpha value is -2.83. The monoisotopic (exact) mass is 344 g/mol. The van der Waals surface area contributed by atoms with Crippen LogP contribution < -0.4 is 15.0 Å². The Labute approximate surface area is 146 Å². The Morgan fingerprint density at radius 3 is 2.68 bits per heavy atom. The number of methoxy groups -OCH3 is 1. The number of carbonyl (C=O) groups is 1. The minimum Gasteiger partial charge on any atom is -0.494 e. The van der Waals surface area contributed by atoms with Crippen LogP contribution in [0.5, 0.6) is 5.75 Å². The van der Waals surface area contributed by atoms with Gasteiger partial charge in [-0.3, -0.25) is 5.32 Å². The number of anilines is 2. The molecule has 6 nitrogen and oxygen atoms in total. The lowest BCUT2D eigenvalue weighted by Gasteiger charge is -2.36. The van der Waals surface area contributed by atoms with Crippen LogP contribution in [0.1, 0.15) is 5.56 Å². The third kappa shape index (κ3) is 3.81. The molecular weight excluding hydrogens is 323 g/mol. The molecule has 1 aromatic heterocycles. The third-order valence-electron chi connectivity index (χ3n) is 4.30. The van der Waals surface area contributed by atoms with E-state index in [9.17, 15) is 9.18 Å². The molecule has 2 amide bonds. The minimum absolute atomic E-state index is 0.155. The fourth-order valence-electron chi connectivity index (χ4n) is 2.81. The van der Waals surface area contributed by atoms with Gasteiger partial charge in [0.2, 0.25) is 0 Å². The van der Waals surface area contributed by atoms with Gasteiger partial charge in [-0.1, -0.05) is 6.07 Å². The molecule has 1 aromatic carbocycles. The fraction of sp³-hybridized carbons (Fsp3) is 0.333. The molecule has 0 aliphatic carbocycles. The second-order valence-corrected chi connectivity index (χ2v) is 5.89. The van der Waals surface area contributed by atoms with Gasteiger partial charge in [-0.15, -0.1) is 0 Å². The molecule has 1 fully saturated rings. The standard InChI is InChI=1S/C18H21FN4O2/c1-13-4-3-7-20-17(13)21-18(24)23-10-8-22(9-11-23)14-5-6-15(19)16(12-14)25-2/h3-7,12H,8-11H2,1-2H3,(H,20,21,24). The van der Waals surface area contributed by atoms with Crippen molar-refractivity contribution in [1.82, 2.24) is 9.88 Å². The van der Waals surface area contributed by atoms with Gasteiger partial charge in [0.25, 0.3) is 0 Å². The van der Waals surface area contributed by atoms with Crippen LogP contribution in [0, 0.1) is 12.7 Å². The molecule has 2 heterocycles. The molecule has 3 rings (SSSR count). The predicted octanol–water partition coefficient (Wildman–Crippen LogP) is 2.89. The van der Waals surface area contributed by atoms with E-state index in [1.165, 1.54) is 13.2 Å². The first-order valence-electron chi connectivity index (χ1n) is 8.14. The van der Waals surface area contributed by atoms with Gasteiger partial charge in [-0.05, 0) is 30.7 Å². The van der Waals surface area contributed by atoms with Crippen molar-refractivity contribution in [3.63, 3.8) is 0 Å². The molecule has 0 atom stereocenters. The maximum atomic E-state index is 13.5. The number of hydrogen-bond donors (Lipinski definition) is 1. The number of rotatable bonds is 3. The third-order valence-corrected chi connectivity index (χ3v) is 4.30. The lowest BCUT2D eigenvalue weighted by Crippen LogP contribution is -2.50. The van der Waals surface area contributed by atoms with Gasteiger partial charge in [0, 0.05) is 44.1 Å². The summed E-state index contributed by atoms with van der Waals surface area (Å²) in [7, 11) is 1.45. The van der Waals surface area contributed by atoms with E-state index in [1.54, 1.807) is 23.2 Å². The van der Waals surface area contributed by atoms with E-state index in [0.717, 1.165) is 11.3 Å². The van der Waals surface area contributed by atoms with Gasteiger partial charge < -0.3 is 14.5 Å². The number of nitrogens with zero attached hydrogens (tertiary/aromatic N) is 3. The first kappa shape index (κ1) is 17.0. The summed E-state index contributed by atoms with van der Waals surface area (Å²) >= 11 is 0. The molecule has 1 aliphatic rings. The first-order valence-corrected chi connectivity index (χ1v) is 8.14. The highest BCUT2D eigenvalue weighted by Gasteiger charge is 2.22. The summed E-state index contributed by atoms with van der Waals surface area (Å²) in [5.74, 6) is 0.427. The number of hydrogen-bond acceptors (Lipinski definition) is 4. The lowest BCUT2D eigenvalue weighted by molar-refractivity contribution is 0.208. The van der Waals surface area contributed by atoms with Crippen LogP contribution in [0.2, 0.25) is 0 Å². The largest absolute Gasteiger partial charge is 0.494 e. The number of carbonyl (C=O) groups excluding carboxylic acids is 1.